The van der Waals surface area contributed by atoms with Gasteiger partial charge in [0.1, 0.15) is 11.6 Å². The number of nitrogens with zero attached hydrogens (tertiary/aromatic N) is 1. The Kier molecular flexibility index (Phi) is 5.68. The van der Waals surface area contributed by atoms with Crippen molar-refractivity contribution < 1.29 is 9.53 Å². The molecule has 5 heteroatoms. The zero-order chi connectivity index (χ0) is 22.5. The molecule has 5 rings (SSSR count). The van der Waals surface area contributed by atoms with E-state index in [2.05, 4.69) is 15.3 Å². The van der Waals surface area contributed by atoms with Crippen LogP contribution >= 0.6 is 0 Å². The predicted molar refractivity (Wildman–Crippen MR) is 132 cm³/mol. The average Bonchev–Trinajstić information content (AvgIpc) is 3.30. The molecule has 33 heavy (non-hydrogen) atoms. The Balaban J connectivity index is 1.24. The molecule has 1 amide bonds. The van der Waals surface area contributed by atoms with E-state index in [1.165, 1.54) is 0 Å². The van der Waals surface area contributed by atoms with Gasteiger partial charge >= 0.3 is 0 Å². The average molecular weight is 431 g/mol. The standard InChI is InChI=1S/C28H21N3O2/c32-28(22-9-6-10-24(19-22)33-18-17-20-7-2-1-3-8-20)29-23-15-13-21(14-16-23)27-30-25-11-4-5-12-26(25)31-27/h1-19H,(H,29,32)(H,30,31)/b18-17+. The maximum Gasteiger partial charge on any atom is 0.255 e. The number of rotatable bonds is 6. The van der Waals surface area contributed by atoms with Gasteiger partial charge in [-0.05, 0) is 66.2 Å². The molecule has 0 saturated heterocycles. The topological polar surface area (TPSA) is 67.0 Å². The molecule has 1 aromatic heterocycles. The van der Waals surface area contributed by atoms with Crippen LogP contribution in [0.1, 0.15) is 15.9 Å². The second kappa shape index (κ2) is 9.24. The molecule has 0 aliphatic carbocycles. The summed E-state index contributed by atoms with van der Waals surface area (Å²) in [7, 11) is 0. The summed E-state index contributed by atoms with van der Waals surface area (Å²) in [6.45, 7) is 0. The molecule has 5 aromatic rings. The van der Waals surface area contributed by atoms with Crippen molar-refractivity contribution in [1.82, 2.24) is 9.97 Å². The van der Waals surface area contributed by atoms with Crippen LogP contribution in [-0.2, 0) is 0 Å². The van der Waals surface area contributed by atoms with Crippen LogP contribution < -0.4 is 10.1 Å². The second-order valence-electron chi connectivity index (χ2n) is 7.49. The molecule has 1 heterocycles. The van der Waals surface area contributed by atoms with Gasteiger partial charge in [-0.3, -0.25) is 4.79 Å². The molecule has 0 atom stereocenters. The van der Waals surface area contributed by atoms with Gasteiger partial charge in [0.05, 0.1) is 17.3 Å². The largest absolute Gasteiger partial charge is 0.465 e. The number of benzene rings is 4. The number of aromatic amines is 1. The Bertz CT molecular complexity index is 1390. The van der Waals surface area contributed by atoms with Gasteiger partial charge < -0.3 is 15.0 Å². The van der Waals surface area contributed by atoms with E-state index in [4.69, 9.17) is 4.74 Å². The zero-order valence-electron chi connectivity index (χ0n) is 17.7. The number of imidazole rings is 1. The summed E-state index contributed by atoms with van der Waals surface area (Å²) in [5, 5.41) is 2.93. The van der Waals surface area contributed by atoms with Crippen LogP contribution in [0.15, 0.2) is 109 Å². The third kappa shape index (κ3) is 4.83. The summed E-state index contributed by atoms with van der Waals surface area (Å²) in [4.78, 5) is 20.7. The molecule has 2 N–H and O–H groups in total. The quantitative estimate of drug-likeness (QED) is 0.300. The van der Waals surface area contributed by atoms with Crippen LogP contribution in [0.25, 0.3) is 28.5 Å². The highest BCUT2D eigenvalue weighted by atomic mass is 16.5. The molecular formula is C28H21N3O2. The van der Waals surface area contributed by atoms with Crippen molar-refractivity contribution in [3.8, 4) is 17.1 Å². The van der Waals surface area contributed by atoms with Crippen molar-refractivity contribution >= 4 is 28.7 Å². The fourth-order valence-electron chi connectivity index (χ4n) is 3.47. The van der Waals surface area contributed by atoms with E-state index in [-0.39, 0.29) is 5.91 Å². The van der Waals surface area contributed by atoms with Crippen molar-refractivity contribution in [2.45, 2.75) is 0 Å². The molecule has 0 spiro atoms. The second-order valence-corrected chi connectivity index (χ2v) is 7.49. The highest BCUT2D eigenvalue weighted by Crippen LogP contribution is 2.23. The fraction of sp³-hybridized carbons (Fsp3) is 0. The van der Waals surface area contributed by atoms with E-state index in [0.717, 1.165) is 28.0 Å². The maximum atomic E-state index is 12.7. The number of carbonyl (C=O) groups excluding carboxylic acids is 1. The smallest absolute Gasteiger partial charge is 0.255 e. The number of nitrogens with one attached hydrogen (secondary N) is 2. The molecular weight excluding hydrogens is 410 g/mol. The fourth-order valence-corrected chi connectivity index (χ4v) is 3.47. The number of anilines is 1. The summed E-state index contributed by atoms with van der Waals surface area (Å²) in [5.41, 5.74) is 5.12. The molecule has 4 aromatic carbocycles. The summed E-state index contributed by atoms with van der Waals surface area (Å²) in [6, 6.07) is 32.5. The summed E-state index contributed by atoms with van der Waals surface area (Å²) in [5.74, 6) is 1.18. The first-order valence-corrected chi connectivity index (χ1v) is 10.6. The van der Waals surface area contributed by atoms with Gasteiger partial charge in [-0.1, -0.05) is 48.5 Å². The number of carbonyl (C=O) groups is 1. The number of hydrogen-bond donors (Lipinski definition) is 2. The first-order chi connectivity index (χ1) is 16.2. The monoisotopic (exact) mass is 431 g/mol. The van der Waals surface area contributed by atoms with Gasteiger partial charge in [-0.15, -0.1) is 0 Å². The van der Waals surface area contributed by atoms with E-state index in [9.17, 15) is 4.79 Å². The molecule has 0 unspecified atom stereocenters. The summed E-state index contributed by atoms with van der Waals surface area (Å²) < 4.78 is 5.67. The Morgan fingerprint density at radius 1 is 0.848 bits per heavy atom. The van der Waals surface area contributed by atoms with Gasteiger partial charge in [-0.2, -0.15) is 0 Å². The van der Waals surface area contributed by atoms with Crippen molar-refractivity contribution in [1.29, 1.82) is 0 Å². The highest BCUT2D eigenvalue weighted by molar-refractivity contribution is 6.04. The lowest BCUT2D eigenvalue weighted by molar-refractivity contribution is 0.102. The molecule has 160 valence electrons. The van der Waals surface area contributed by atoms with E-state index >= 15 is 0 Å². The first-order valence-electron chi connectivity index (χ1n) is 10.6. The number of hydrogen-bond acceptors (Lipinski definition) is 3. The van der Waals surface area contributed by atoms with Gasteiger partial charge in [0.15, 0.2) is 0 Å². The SMILES string of the molecule is O=C(Nc1ccc(-c2nc3ccccc3[nH]2)cc1)c1cccc(O/C=C/c2ccccc2)c1. The number of H-pyrrole nitrogens is 1. The van der Waals surface area contributed by atoms with Gasteiger partial charge in [0.25, 0.3) is 5.91 Å². The zero-order valence-corrected chi connectivity index (χ0v) is 17.7. The van der Waals surface area contributed by atoms with E-state index < -0.39 is 0 Å². The molecule has 0 radical (unpaired) electrons. The Labute approximate surface area is 191 Å². The van der Waals surface area contributed by atoms with Crippen LogP contribution in [0, 0.1) is 0 Å². The lowest BCUT2D eigenvalue weighted by atomic mass is 10.1. The maximum absolute atomic E-state index is 12.7. The Morgan fingerprint density at radius 3 is 2.45 bits per heavy atom. The third-order valence-electron chi connectivity index (χ3n) is 5.17. The van der Waals surface area contributed by atoms with Crippen LogP contribution in [0.2, 0.25) is 0 Å². The summed E-state index contributed by atoms with van der Waals surface area (Å²) >= 11 is 0. The molecule has 0 saturated carbocycles. The lowest BCUT2D eigenvalue weighted by Gasteiger charge is -2.07. The van der Waals surface area contributed by atoms with E-state index in [1.807, 2.05) is 91.0 Å². The van der Waals surface area contributed by atoms with Gasteiger partial charge in [0, 0.05) is 16.8 Å². The number of para-hydroxylation sites is 2. The normalized spacial score (nSPS) is 11.0. The minimum atomic E-state index is -0.205. The van der Waals surface area contributed by atoms with Crippen LogP contribution in [0.3, 0.4) is 0 Å². The molecule has 0 bridgehead atoms. The number of ether oxygens (including phenoxy) is 1. The number of aromatic nitrogens is 2. The number of fused-ring (bicyclic) bond motifs is 1. The lowest BCUT2D eigenvalue weighted by Crippen LogP contribution is -2.11. The van der Waals surface area contributed by atoms with E-state index in [0.29, 0.717) is 17.0 Å². The van der Waals surface area contributed by atoms with Gasteiger partial charge in [0.2, 0.25) is 0 Å². The van der Waals surface area contributed by atoms with Crippen molar-refractivity contribution in [3.05, 3.63) is 121 Å². The van der Waals surface area contributed by atoms with Crippen molar-refractivity contribution in [3.63, 3.8) is 0 Å². The first kappa shape index (κ1) is 20.3. The molecule has 0 fully saturated rings. The summed E-state index contributed by atoms with van der Waals surface area (Å²) in [6.07, 6.45) is 3.49. The van der Waals surface area contributed by atoms with Crippen molar-refractivity contribution in [2.24, 2.45) is 0 Å². The van der Waals surface area contributed by atoms with Gasteiger partial charge in [-0.25, -0.2) is 4.98 Å². The molecule has 0 aliphatic heterocycles. The van der Waals surface area contributed by atoms with Crippen LogP contribution in [0.5, 0.6) is 5.75 Å². The van der Waals surface area contributed by atoms with Crippen LogP contribution in [-0.4, -0.2) is 15.9 Å². The highest BCUT2D eigenvalue weighted by Gasteiger charge is 2.09. The minimum absolute atomic E-state index is 0.205. The predicted octanol–water partition coefficient (Wildman–Crippen LogP) is 6.53. The third-order valence-corrected chi connectivity index (χ3v) is 5.17. The number of amides is 1. The molecule has 5 nitrogen and oxygen atoms in total. The Hall–Kier alpha value is -4.64. The Morgan fingerprint density at radius 2 is 1.64 bits per heavy atom. The van der Waals surface area contributed by atoms with E-state index in [1.54, 1.807) is 24.5 Å². The van der Waals surface area contributed by atoms with Crippen molar-refractivity contribution in [2.75, 3.05) is 5.32 Å². The minimum Gasteiger partial charge on any atom is -0.465 e. The molecule has 0 aliphatic rings. The van der Waals surface area contributed by atoms with Crippen LogP contribution in [0.4, 0.5) is 5.69 Å².